The van der Waals surface area contributed by atoms with Crippen LogP contribution in [0.4, 0.5) is 0 Å². The van der Waals surface area contributed by atoms with Crippen LogP contribution < -0.4 is 0 Å². The maximum Gasteiger partial charge on any atom is 0.257 e. The second-order valence-electron chi connectivity index (χ2n) is 5.24. The smallest absolute Gasteiger partial charge is 0.257 e. The Bertz CT molecular complexity index is 450. The molecule has 0 bridgehead atoms. The van der Waals surface area contributed by atoms with Crippen molar-refractivity contribution in [1.82, 2.24) is 14.9 Å². The molecule has 0 aliphatic carbocycles. The Morgan fingerprint density at radius 2 is 2.30 bits per heavy atom. The van der Waals surface area contributed by atoms with Gasteiger partial charge < -0.3 is 9.64 Å². The molecule has 1 fully saturated rings. The molecule has 1 aliphatic rings. The summed E-state index contributed by atoms with van der Waals surface area (Å²) in [6.07, 6.45) is 7.36. The van der Waals surface area contributed by atoms with E-state index in [1.807, 2.05) is 11.8 Å². The molecule has 5 heteroatoms. The summed E-state index contributed by atoms with van der Waals surface area (Å²) in [6, 6.07) is 0. The van der Waals surface area contributed by atoms with Crippen LogP contribution in [0.15, 0.2) is 12.5 Å². The first-order valence-electron chi connectivity index (χ1n) is 7.40. The minimum absolute atomic E-state index is 0.0410. The molecule has 1 unspecified atom stereocenters. The lowest BCUT2D eigenvalue weighted by Crippen LogP contribution is -2.33. The number of nitrogens with zero attached hydrogens (tertiary/aromatic N) is 3. The van der Waals surface area contributed by atoms with E-state index in [-0.39, 0.29) is 5.91 Å². The van der Waals surface area contributed by atoms with Crippen LogP contribution in [0.2, 0.25) is 0 Å². The van der Waals surface area contributed by atoms with Crippen LogP contribution in [0.25, 0.3) is 0 Å². The Kier molecular flexibility index (Phi) is 5.47. The predicted octanol–water partition coefficient (Wildman–Crippen LogP) is 2.21. The van der Waals surface area contributed by atoms with Crippen LogP contribution in [0, 0.1) is 6.92 Å². The van der Waals surface area contributed by atoms with E-state index in [1.54, 1.807) is 6.20 Å². The predicted molar refractivity (Wildman–Crippen MR) is 76.6 cm³/mol. The quantitative estimate of drug-likeness (QED) is 0.846. The highest BCUT2D eigenvalue weighted by atomic mass is 16.5. The Labute approximate surface area is 120 Å². The number of carbonyl (C=O) groups is 1. The average Bonchev–Trinajstić information content (AvgIpc) is 2.70. The number of carbonyl (C=O) groups excluding carboxylic acids is 1. The van der Waals surface area contributed by atoms with Gasteiger partial charge in [-0.2, -0.15) is 0 Å². The number of aryl methyl sites for hydroxylation is 1. The molecule has 1 aliphatic heterocycles. The molecule has 2 rings (SSSR count). The normalized spacial score (nSPS) is 19.7. The summed E-state index contributed by atoms with van der Waals surface area (Å²) in [5, 5.41) is 0. The lowest BCUT2D eigenvalue weighted by molar-refractivity contribution is 0.0432. The topological polar surface area (TPSA) is 55.3 Å². The Morgan fingerprint density at radius 3 is 3.05 bits per heavy atom. The second-order valence-corrected chi connectivity index (χ2v) is 5.24. The molecule has 0 N–H and O–H groups in total. The zero-order valence-corrected chi connectivity index (χ0v) is 12.3. The van der Waals surface area contributed by atoms with Gasteiger partial charge >= 0.3 is 0 Å². The number of likely N-dealkylation sites (tertiary alicyclic amines) is 1. The van der Waals surface area contributed by atoms with E-state index < -0.39 is 0 Å². The third-order valence-corrected chi connectivity index (χ3v) is 3.66. The molecule has 0 radical (unpaired) electrons. The molecule has 0 spiro atoms. The SMILES string of the molecule is CCCOC1CCCN(C(=O)c2cncnc2C)CC1. The third kappa shape index (κ3) is 3.76. The molecule has 1 atom stereocenters. The van der Waals surface area contributed by atoms with Gasteiger partial charge in [0.05, 0.1) is 17.4 Å². The first-order chi connectivity index (χ1) is 9.72. The largest absolute Gasteiger partial charge is 0.378 e. The van der Waals surface area contributed by atoms with Gasteiger partial charge in [0.15, 0.2) is 0 Å². The van der Waals surface area contributed by atoms with Crippen molar-refractivity contribution in [2.24, 2.45) is 0 Å². The first kappa shape index (κ1) is 14.9. The fraction of sp³-hybridized carbons (Fsp3) is 0.667. The van der Waals surface area contributed by atoms with Crippen molar-refractivity contribution < 1.29 is 9.53 Å². The van der Waals surface area contributed by atoms with Gasteiger partial charge in [0, 0.05) is 25.9 Å². The number of amides is 1. The van der Waals surface area contributed by atoms with Crippen LogP contribution in [0.1, 0.15) is 48.7 Å². The molecule has 2 heterocycles. The molecular formula is C15H23N3O2. The van der Waals surface area contributed by atoms with E-state index >= 15 is 0 Å². The van der Waals surface area contributed by atoms with Crippen molar-refractivity contribution >= 4 is 5.91 Å². The Morgan fingerprint density at radius 1 is 1.45 bits per heavy atom. The van der Waals surface area contributed by atoms with Crippen molar-refractivity contribution in [1.29, 1.82) is 0 Å². The molecule has 5 nitrogen and oxygen atoms in total. The number of aromatic nitrogens is 2. The number of rotatable bonds is 4. The summed E-state index contributed by atoms with van der Waals surface area (Å²) in [5.74, 6) is 0.0410. The van der Waals surface area contributed by atoms with Gasteiger partial charge in [0.1, 0.15) is 6.33 Å². The van der Waals surface area contributed by atoms with Crippen LogP contribution in [-0.4, -0.2) is 46.6 Å². The minimum Gasteiger partial charge on any atom is -0.378 e. The number of ether oxygens (including phenoxy) is 1. The zero-order chi connectivity index (χ0) is 14.4. The monoisotopic (exact) mass is 277 g/mol. The molecule has 20 heavy (non-hydrogen) atoms. The highest BCUT2D eigenvalue weighted by Gasteiger charge is 2.23. The molecule has 1 aromatic heterocycles. The summed E-state index contributed by atoms with van der Waals surface area (Å²) >= 11 is 0. The van der Waals surface area contributed by atoms with Crippen molar-refractivity contribution in [3.05, 3.63) is 23.8 Å². The van der Waals surface area contributed by atoms with Crippen molar-refractivity contribution in [3.8, 4) is 0 Å². The third-order valence-electron chi connectivity index (χ3n) is 3.66. The standard InChI is InChI=1S/C15H23N3O2/c1-3-9-20-13-5-4-7-18(8-6-13)15(19)14-10-16-11-17-12(14)2/h10-11,13H,3-9H2,1-2H3. The van der Waals surface area contributed by atoms with E-state index in [9.17, 15) is 4.79 Å². The minimum atomic E-state index is 0.0410. The fourth-order valence-electron chi connectivity index (χ4n) is 2.49. The van der Waals surface area contributed by atoms with Crippen LogP contribution in [0.3, 0.4) is 0 Å². The summed E-state index contributed by atoms with van der Waals surface area (Å²) in [4.78, 5) is 22.5. The maximum atomic E-state index is 12.5. The van der Waals surface area contributed by atoms with Gasteiger partial charge in [-0.05, 0) is 32.6 Å². The summed E-state index contributed by atoms with van der Waals surface area (Å²) < 4.78 is 5.81. The summed E-state index contributed by atoms with van der Waals surface area (Å²) in [7, 11) is 0. The van der Waals surface area contributed by atoms with Crippen molar-refractivity contribution in [3.63, 3.8) is 0 Å². The van der Waals surface area contributed by atoms with E-state index in [4.69, 9.17) is 4.74 Å². The first-order valence-corrected chi connectivity index (χ1v) is 7.40. The van der Waals surface area contributed by atoms with E-state index in [2.05, 4.69) is 16.9 Å². The molecule has 0 saturated carbocycles. The summed E-state index contributed by atoms with van der Waals surface area (Å²) in [5.41, 5.74) is 1.36. The number of hydrogen-bond donors (Lipinski definition) is 0. The van der Waals surface area contributed by atoms with Gasteiger partial charge in [-0.1, -0.05) is 6.92 Å². The second kappa shape index (κ2) is 7.33. The Balaban J connectivity index is 1.96. The highest BCUT2D eigenvalue weighted by Crippen LogP contribution is 2.17. The Hall–Kier alpha value is -1.49. The molecule has 1 aromatic rings. The van der Waals surface area contributed by atoms with E-state index in [0.29, 0.717) is 11.7 Å². The molecular weight excluding hydrogens is 254 g/mol. The van der Waals surface area contributed by atoms with Gasteiger partial charge in [-0.25, -0.2) is 9.97 Å². The van der Waals surface area contributed by atoms with E-state index in [0.717, 1.165) is 51.1 Å². The number of hydrogen-bond acceptors (Lipinski definition) is 4. The maximum absolute atomic E-state index is 12.5. The molecule has 1 amide bonds. The van der Waals surface area contributed by atoms with E-state index in [1.165, 1.54) is 6.33 Å². The van der Waals surface area contributed by atoms with Gasteiger partial charge in [-0.15, -0.1) is 0 Å². The van der Waals surface area contributed by atoms with Crippen molar-refractivity contribution in [2.45, 2.75) is 45.6 Å². The van der Waals surface area contributed by atoms with Gasteiger partial charge in [0.25, 0.3) is 5.91 Å². The van der Waals surface area contributed by atoms with Crippen LogP contribution >= 0.6 is 0 Å². The lowest BCUT2D eigenvalue weighted by atomic mass is 10.1. The van der Waals surface area contributed by atoms with Crippen molar-refractivity contribution in [2.75, 3.05) is 19.7 Å². The van der Waals surface area contributed by atoms with Gasteiger partial charge in [-0.3, -0.25) is 4.79 Å². The van der Waals surface area contributed by atoms with Gasteiger partial charge in [0.2, 0.25) is 0 Å². The average molecular weight is 277 g/mol. The summed E-state index contributed by atoms with van der Waals surface area (Å²) in [6.45, 7) is 6.32. The molecule has 0 aromatic carbocycles. The molecule has 1 saturated heterocycles. The molecule has 110 valence electrons. The zero-order valence-electron chi connectivity index (χ0n) is 12.3. The highest BCUT2D eigenvalue weighted by molar-refractivity contribution is 5.94. The fourth-order valence-corrected chi connectivity index (χ4v) is 2.49. The van der Waals surface area contributed by atoms with Crippen LogP contribution in [0.5, 0.6) is 0 Å². The van der Waals surface area contributed by atoms with Crippen LogP contribution in [-0.2, 0) is 4.74 Å². The lowest BCUT2D eigenvalue weighted by Gasteiger charge is -2.21.